The fourth-order valence-electron chi connectivity index (χ4n) is 6.57. The van der Waals surface area contributed by atoms with E-state index >= 15 is 0 Å². The van der Waals surface area contributed by atoms with Crippen molar-refractivity contribution in [1.82, 2.24) is 30.5 Å². The molecule has 1 heterocycles. The molecule has 1 atom stereocenters. The third kappa shape index (κ3) is 13.2. The van der Waals surface area contributed by atoms with Crippen LogP contribution in [-0.2, 0) is 52.0 Å². The van der Waals surface area contributed by atoms with E-state index in [0.717, 1.165) is 34.0 Å². The van der Waals surface area contributed by atoms with Gasteiger partial charge in [0.2, 0.25) is 11.8 Å². The molecule has 0 fully saturated rings. The van der Waals surface area contributed by atoms with Crippen molar-refractivity contribution in [2.24, 2.45) is 7.05 Å². The molecule has 0 spiro atoms. The van der Waals surface area contributed by atoms with Crippen LogP contribution in [0.4, 0.5) is 4.79 Å². The highest BCUT2D eigenvalue weighted by Crippen LogP contribution is 2.26. The van der Waals surface area contributed by atoms with E-state index in [1.165, 1.54) is 10.6 Å². The lowest BCUT2D eigenvalue weighted by molar-refractivity contribution is -0.161. The molecule has 3 N–H and O–H groups in total. The molecule has 0 aliphatic rings. The van der Waals surface area contributed by atoms with Gasteiger partial charge in [0.25, 0.3) is 0 Å². The average Bonchev–Trinajstić information content (AvgIpc) is 3.50. The van der Waals surface area contributed by atoms with Crippen LogP contribution in [0.1, 0.15) is 63.8 Å². The van der Waals surface area contributed by atoms with Gasteiger partial charge in [0, 0.05) is 57.9 Å². The van der Waals surface area contributed by atoms with Gasteiger partial charge in [0.05, 0.1) is 18.6 Å². The number of nitrogens with zero attached hydrogens (tertiary/aromatic N) is 3. The van der Waals surface area contributed by atoms with Crippen molar-refractivity contribution in [3.8, 4) is 5.75 Å². The third-order valence-corrected chi connectivity index (χ3v) is 8.96. The second-order valence-electron chi connectivity index (χ2n) is 14.6. The molecule has 0 bridgehead atoms. The number of carbonyl (C=O) groups is 3. The second kappa shape index (κ2) is 21.2. The van der Waals surface area contributed by atoms with Crippen molar-refractivity contribution in [2.45, 2.75) is 85.4 Å². The molecule has 0 radical (unpaired) electrons. The second-order valence-corrected chi connectivity index (χ2v) is 14.6. The van der Waals surface area contributed by atoms with Crippen LogP contribution >= 0.6 is 0 Å². The van der Waals surface area contributed by atoms with Gasteiger partial charge in [0.1, 0.15) is 17.4 Å². The lowest BCUT2D eigenvalue weighted by Crippen LogP contribution is -2.55. The van der Waals surface area contributed by atoms with E-state index < -0.39 is 24.3 Å². The first kappa shape index (κ1) is 43.6. The van der Waals surface area contributed by atoms with Gasteiger partial charge in [-0.25, -0.2) is 9.80 Å². The van der Waals surface area contributed by atoms with Gasteiger partial charge in [-0.2, -0.15) is 0 Å². The predicted molar refractivity (Wildman–Crippen MR) is 221 cm³/mol. The Morgan fingerprint density at radius 3 is 2.21 bits per heavy atom. The quantitative estimate of drug-likeness (QED) is 0.0518. The Balaban J connectivity index is 1.64. The molecule has 0 aliphatic carbocycles. The highest BCUT2D eigenvalue weighted by molar-refractivity contribution is 5.90. The summed E-state index contributed by atoms with van der Waals surface area (Å²) in [6.07, 6.45) is 4.11. The number of amides is 4. The fourth-order valence-corrected chi connectivity index (χ4v) is 6.57. The zero-order valence-electron chi connectivity index (χ0n) is 34.1. The Labute approximate surface area is 332 Å². The first-order chi connectivity index (χ1) is 26.8. The van der Waals surface area contributed by atoms with Crippen LogP contribution < -0.4 is 20.8 Å². The minimum atomic E-state index is -0.975. The number of urea groups is 1. The van der Waals surface area contributed by atoms with E-state index in [2.05, 4.69) is 46.4 Å². The van der Waals surface area contributed by atoms with Crippen molar-refractivity contribution >= 4 is 28.7 Å². The summed E-state index contributed by atoms with van der Waals surface area (Å²) in [6.45, 7) is 17.1. The Kier molecular flexibility index (Phi) is 16.5. The predicted octanol–water partition coefficient (Wildman–Crippen LogP) is 6.28. The molecule has 12 nitrogen and oxygen atoms in total. The summed E-state index contributed by atoms with van der Waals surface area (Å²) in [6, 6.07) is 21.8. The van der Waals surface area contributed by atoms with E-state index in [9.17, 15) is 14.4 Å². The highest BCUT2D eigenvalue weighted by Gasteiger charge is 2.30. The normalized spacial score (nSPS) is 12.1. The standard InChI is InChI=1S/C44H60N6O6/c1-9-25-50(47-43(53)45-27-33-17-14-13-15-18-33)30-39(51)46-38(26-32-21-23-36(24-22-32)56-44(5,6)7)42(52)49(31-40(54-11-3)55-12-4)29-35-19-16-20-37-34(10-2)28-48(8)41(35)37/h9,13-24,28,38,40H,1,10-12,25-27,29-31H2,2-8H3,(H,46,51)(H2,45,47,53). The van der Waals surface area contributed by atoms with Gasteiger partial charge in [0.15, 0.2) is 6.29 Å². The number of nitrogens with one attached hydrogen (secondary N) is 3. The molecule has 3 aromatic carbocycles. The van der Waals surface area contributed by atoms with Gasteiger partial charge >= 0.3 is 6.03 Å². The average molecular weight is 769 g/mol. The van der Waals surface area contributed by atoms with Crippen molar-refractivity contribution < 1.29 is 28.6 Å². The number of fused-ring (bicyclic) bond motifs is 1. The molecule has 1 unspecified atom stereocenters. The van der Waals surface area contributed by atoms with Crippen LogP contribution in [0, 0.1) is 0 Å². The number of aromatic nitrogens is 1. The monoisotopic (exact) mass is 768 g/mol. The van der Waals surface area contributed by atoms with Gasteiger partial charge in [-0.1, -0.05) is 73.7 Å². The molecule has 302 valence electrons. The van der Waals surface area contributed by atoms with E-state index in [4.69, 9.17) is 14.2 Å². The Hall–Kier alpha value is -5.17. The van der Waals surface area contributed by atoms with Crippen LogP contribution in [-0.4, -0.2) is 83.1 Å². The minimum Gasteiger partial charge on any atom is -0.488 e. The highest BCUT2D eigenvalue weighted by atomic mass is 16.7. The summed E-state index contributed by atoms with van der Waals surface area (Å²) in [5, 5.41) is 8.41. The van der Waals surface area contributed by atoms with Crippen LogP contribution in [0.2, 0.25) is 0 Å². The summed E-state index contributed by atoms with van der Waals surface area (Å²) in [5.41, 5.74) is 7.35. The number of ether oxygens (including phenoxy) is 3. The van der Waals surface area contributed by atoms with Crippen molar-refractivity contribution in [1.29, 1.82) is 0 Å². The molecule has 4 aromatic rings. The topological polar surface area (TPSA) is 126 Å². The number of aryl methyl sites for hydroxylation is 2. The Morgan fingerprint density at radius 2 is 1.59 bits per heavy atom. The zero-order valence-corrected chi connectivity index (χ0v) is 34.1. The van der Waals surface area contributed by atoms with Crippen molar-refractivity contribution in [3.05, 3.63) is 114 Å². The maximum Gasteiger partial charge on any atom is 0.329 e. The molecule has 0 aliphatic heterocycles. The Morgan fingerprint density at radius 1 is 0.893 bits per heavy atom. The number of carbonyl (C=O) groups excluding carboxylic acids is 3. The van der Waals surface area contributed by atoms with Gasteiger partial charge < -0.3 is 34.3 Å². The minimum absolute atomic E-state index is 0.137. The number of hydrazine groups is 1. The maximum absolute atomic E-state index is 14.9. The van der Waals surface area contributed by atoms with Gasteiger partial charge in [-0.05, 0) is 75.4 Å². The summed E-state index contributed by atoms with van der Waals surface area (Å²) >= 11 is 0. The fraction of sp³-hybridized carbons (Fsp3) is 0.432. The lowest BCUT2D eigenvalue weighted by atomic mass is 10.0. The largest absolute Gasteiger partial charge is 0.488 e. The molecule has 0 saturated heterocycles. The Bertz CT molecular complexity index is 1860. The van der Waals surface area contributed by atoms with Gasteiger partial charge in [-0.3, -0.25) is 15.0 Å². The van der Waals surface area contributed by atoms with Crippen LogP contribution in [0.15, 0.2) is 91.6 Å². The summed E-state index contributed by atoms with van der Waals surface area (Å²) in [5.74, 6) is -0.0575. The van der Waals surface area contributed by atoms with Gasteiger partial charge in [-0.15, -0.1) is 6.58 Å². The summed E-state index contributed by atoms with van der Waals surface area (Å²) in [7, 11) is 2.02. The smallest absolute Gasteiger partial charge is 0.329 e. The number of rotatable bonds is 21. The molecule has 4 rings (SSSR count). The molecular formula is C44H60N6O6. The first-order valence-electron chi connectivity index (χ1n) is 19.4. The van der Waals surface area contributed by atoms with Crippen LogP contribution in [0.25, 0.3) is 10.9 Å². The molecule has 4 amide bonds. The van der Waals surface area contributed by atoms with E-state index in [0.29, 0.717) is 25.5 Å². The molecule has 12 heteroatoms. The number of hydrogen-bond donors (Lipinski definition) is 3. The zero-order chi connectivity index (χ0) is 40.7. The molecule has 0 saturated carbocycles. The molecule has 1 aromatic heterocycles. The molecule has 56 heavy (non-hydrogen) atoms. The number of benzene rings is 3. The summed E-state index contributed by atoms with van der Waals surface area (Å²) < 4.78 is 20.0. The lowest BCUT2D eigenvalue weighted by Gasteiger charge is -2.32. The number of hydrogen-bond acceptors (Lipinski definition) is 7. The van der Waals surface area contributed by atoms with E-state index in [1.807, 2.05) is 108 Å². The van der Waals surface area contributed by atoms with E-state index in [-0.39, 0.29) is 44.1 Å². The maximum atomic E-state index is 14.9. The van der Waals surface area contributed by atoms with Crippen LogP contribution in [0.3, 0.4) is 0 Å². The van der Waals surface area contributed by atoms with E-state index in [1.54, 1.807) is 11.0 Å². The van der Waals surface area contributed by atoms with Crippen molar-refractivity contribution in [2.75, 3.05) is 32.8 Å². The molecular weight excluding hydrogens is 709 g/mol. The summed E-state index contributed by atoms with van der Waals surface area (Å²) in [4.78, 5) is 43.4. The first-order valence-corrected chi connectivity index (χ1v) is 19.4. The number of para-hydroxylation sites is 1. The third-order valence-electron chi connectivity index (χ3n) is 8.96. The SMILES string of the molecule is C=CCN(CC(=O)NC(Cc1ccc(OC(C)(C)C)cc1)C(=O)N(Cc1cccc2c(CC)cn(C)c12)CC(OCC)OCC)NC(=O)NCc1ccccc1. The van der Waals surface area contributed by atoms with Crippen LogP contribution in [0.5, 0.6) is 5.75 Å². The van der Waals surface area contributed by atoms with Crippen molar-refractivity contribution in [3.63, 3.8) is 0 Å².